The molecule has 8 heterocycles. The van der Waals surface area contributed by atoms with Gasteiger partial charge in [-0.25, -0.2) is 4.79 Å². The van der Waals surface area contributed by atoms with Gasteiger partial charge in [-0.1, -0.05) is 38.1 Å². The summed E-state index contributed by atoms with van der Waals surface area (Å²) in [6.07, 6.45) is 1.13. The minimum absolute atomic E-state index is 0.0520. The number of rotatable bonds is 5. The highest BCUT2D eigenvalue weighted by Crippen LogP contribution is 2.64. The number of methoxy groups -OCH3 is 1. The van der Waals surface area contributed by atoms with E-state index in [1.807, 2.05) is 45.2 Å². The summed E-state index contributed by atoms with van der Waals surface area (Å²) in [5.74, 6) is 1.42. The molecular formula is C45H49N5O9S. The monoisotopic (exact) mass is 835 g/mol. The number of phenols is 1. The highest BCUT2D eigenvalue weighted by Gasteiger charge is 2.62. The number of nitrogens with zero attached hydrogens (tertiary/aromatic N) is 3. The van der Waals surface area contributed by atoms with Crippen LogP contribution >= 0.6 is 11.8 Å². The number of piperazine rings is 1. The normalized spacial score (nSPS) is 29.1. The largest absolute Gasteiger partial charge is 0.504 e. The smallest absolute Gasteiger partial charge is 0.335 e. The van der Waals surface area contributed by atoms with Crippen LogP contribution in [0.2, 0.25) is 0 Å². The Morgan fingerprint density at radius 3 is 2.67 bits per heavy atom. The van der Waals surface area contributed by atoms with E-state index in [0.29, 0.717) is 70.4 Å². The molecule has 14 nitrogen and oxygen atoms in total. The van der Waals surface area contributed by atoms with Crippen LogP contribution in [-0.2, 0) is 32.7 Å². The number of nitrogens with one attached hydrogen (secondary N) is 2. The Balaban J connectivity index is 1.24. The van der Waals surface area contributed by atoms with Crippen LogP contribution in [-0.4, -0.2) is 96.9 Å². The van der Waals surface area contributed by atoms with Gasteiger partial charge in [-0.3, -0.25) is 19.9 Å². The predicted molar refractivity (Wildman–Crippen MR) is 222 cm³/mol. The summed E-state index contributed by atoms with van der Waals surface area (Å²) in [5, 5.41) is 31.2. The van der Waals surface area contributed by atoms with Crippen molar-refractivity contribution in [3.63, 3.8) is 0 Å². The number of ether oxygens (including phenoxy) is 5. The molecular weight excluding hydrogens is 787 g/mol. The number of nitriles is 1. The first-order valence-corrected chi connectivity index (χ1v) is 21.7. The number of likely N-dealkylation sites (N-methyl/N-ethyl adjacent to an activating group) is 1. The molecule has 1 spiro atoms. The fraction of sp³-hybridized carbons (Fsp3) is 0.489. The quantitative estimate of drug-likeness (QED) is 0.173. The lowest BCUT2D eigenvalue weighted by atomic mass is 9.71. The fourth-order valence-electron chi connectivity index (χ4n) is 11.1. The molecule has 7 aliphatic rings. The van der Waals surface area contributed by atoms with Gasteiger partial charge in [0.25, 0.3) is 0 Å². The number of para-hydroxylation sites is 1. The Bertz CT molecular complexity index is 2520. The number of carbonyl (C=O) groups is 2. The van der Waals surface area contributed by atoms with Crippen molar-refractivity contribution < 1.29 is 42.8 Å². The van der Waals surface area contributed by atoms with Gasteiger partial charge in [0.05, 0.1) is 30.5 Å². The molecule has 0 amide bonds. The van der Waals surface area contributed by atoms with Crippen LogP contribution in [0.1, 0.15) is 82.8 Å². The molecule has 8 atom stereocenters. The van der Waals surface area contributed by atoms with E-state index < -0.39 is 46.9 Å². The van der Waals surface area contributed by atoms with Gasteiger partial charge >= 0.3 is 11.9 Å². The first-order chi connectivity index (χ1) is 28.9. The number of thioether (sulfide) groups is 1. The van der Waals surface area contributed by atoms with Crippen LogP contribution < -0.4 is 29.6 Å². The molecule has 3 N–H and O–H groups in total. The first kappa shape index (κ1) is 39.2. The molecule has 0 saturated carbocycles. The second-order valence-corrected chi connectivity index (χ2v) is 18.4. The number of esters is 2. The van der Waals surface area contributed by atoms with E-state index in [1.165, 1.54) is 18.7 Å². The van der Waals surface area contributed by atoms with Crippen molar-refractivity contribution in [3.05, 3.63) is 75.0 Å². The van der Waals surface area contributed by atoms with Gasteiger partial charge in [0.1, 0.15) is 29.7 Å². The maximum Gasteiger partial charge on any atom is 0.335 e. The Morgan fingerprint density at radius 1 is 1.13 bits per heavy atom. The van der Waals surface area contributed by atoms with Gasteiger partial charge in [-0.15, -0.1) is 11.8 Å². The van der Waals surface area contributed by atoms with Crippen molar-refractivity contribution in [2.75, 3.05) is 39.9 Å². The van der Waals surface area contributed by atoms with Crippen LogP contribution in [0.25, 0.3) is 11.0 Å². The van der Waals surface area contributed by atoms with Crippen molar-refractivity contribution in [1.82, 2.24) is 20.4 Å². The highest BCUT2D eigenvalue weighted by molar-refractivity contribution is 7.99. The van der Waals surface area contributed by atoms with E-state index in [2.05, 4.69) is 46.4 Å². The van der Waals surface area contributed by atoms with E-state index in [-0.39, 0.29) is 43.0 Å². The van der Waals surface area contributed by atoms with Crippen LogP contribution in [0.4, 0.5) is 0 Å². The Hall–Kier alpha value is -4.98. The molecule has 0 radical (unpaired) electrons. The average Bonchev–Trinajstić information content (AvgIpc) is 3.86. The summed E-state index contributed by atoms with van der Waals surface area (Å²) in [4.78, 5) is 32.7. The lowest BCUT2D eigenvalue weighted by Crippen LogP contribution is -2.69. The van der Waals surface area contributed by atoms with E-state index in [1.54, 1.807) is 7.11 Å². The topological polar surface area (TPSA) is 168 Å². The maximum atomic E-state index is 15.2. The number of benzene rings is 3. The number of hydrogen-bond acceptors (Lipinski definition) is 15. The number of aryl methyl sites for hydroxylation is 1. The summed E-state index contributed by atoms with van der Waals surface area (Å²) in [7, 11) is 3.57. The van der Waals surface area contributed by atoms with Crippen LogP contribution in [0.15, 0.2) is 34.7 Å². The van der Waals surface area contributed by atoms with Crippen molar-refractivity contribution in [2.24, 2.45) is 0 Å². The number of phenolic OH excluding ortho intramolecular Hbond substituents is 1. The Morgan fingerprint density at radius 2 is 1.92 bits per heavy atom. The molecule has 2 fully saturated rings. The molecule has 4 bridgehead atoms. The second kappa shape index (κ2) is 14.3. The molecule has 11 rings (SSSR count). The maximum absolute atomic E-state index is 15.2. The summed E-state index contributed by atoms with van der Waals surface area (Å²) < 4.78 is 37.7. The minimum atomic E-state index is -1.43. The van der Waals surface area contributed by atoms with Gasteiger partial charge in [0, 0.05) is 76.6 Å². The summed E-state index contributed by atoms with van der Waals surface area (Å²) in [6.45, 7) is 9.71. The molecule has 15 heteroatoms. The number of aromatic hydroxyl groups is 1. The van der Waals surface area contributed by atoms with Crippen molar-refractivity contribution >= 4 is 34.7 Å². The van der Waals surface area contributed by atoms with E-state index in [4.69, 9.17) is 28.1 Å². The molecule has 2 saturated heterocycles. The third kappa shape index (κ3) is 5.53. The third-order valence-corrected chi connectivity index (χ3v) is 15.0. The lowest BCUT2D eigenvalue weighted by molar-refractivity contribution is -0.158. The summed E-state index contributed by atoms with van der Waals surface area (Å²) in [6, 6.07) is 9.94. The summed E-state index contributed by atoms with van der Waals surface area (Å²) in [5.41, 5.74) is 4.67. The standard InChI is InChI=1S/C45H49N5O9S/c1-20(2)47-16-25-14-27-26-10-8-9-11-31(26)59-43(27)45(48-25)18-60-42-34-33(41-40(56-19-57-41)22(4)39(34)58-23(5)51)30(17-55-44(45)53)50-29(15-46)28-13-24-12-21(3)38(54-7)37(52)32(24)35(36(42)50)49(28)6/h8-12,20,25,28-30,35-36,42,47-48,52H,13-14,16-19H2,1-7H3/t25-,28+,29+,30+,35-,36-,42-,45-/m1/s1. The SMILES string of the molecule is COc1c(C)cc2c(c1O)[C@@H]1[C@@H]3[C@@H]4SC[C@]5(N[C@@H](CNC(C)C)Cc6c5oc5ccccc65)C(=O)OC[C@@H](c5c6c(c(C)c(OC(C)=O)c54)OCO6)N3[C@@H](C#N)[C@H](C2)N1C. The van der Waals surface area contributed by atoms with Crippen molar-refractivity contribution in [3.8, 4) is 34.8 Å². The van der Waals surface area contributed by atoms with Crippen LogP contribution in [0.5, 0.6) is 28.7 Å². The second-order valence-electron chi connectivity index (χ2n) is 17.2. The molecule has 60 heavy (non-hydrogen) atoms. The van der Waals surface area contributed by atoms with Gasteiger partial charge in [-0.2, -0.15) is 5.26 Å². The fourth-order valence-corrected chi connectivity index (χ4v) is 12.8. The van der Waals surface area contributed by atoms with E-state index in [9.17, 15) is 15.2 Å². The predicted octanol–water partition coefficient (Wildman–Crippen LogP) is 5.39. The number of carbonyl (C=O) groups excluding carboxylic acids is 2. The average molecular weight is 836 g/mol. The highest BCUT2D eigenvalue weighted by atomic mass is 32.2. The zero-order valence-corrected chi connectivity index (χ0v) is 35.5. The molecule has 0 unspecified atom stereocenters. The zero-order valence-electron chi connectivity index (χ0n) is 34.7. The molecule has 1 aromatic heterocycles. The lowest BCUT2D eigenvalue weighted by Gasteiger charge is -2.62. The van der Waals surface area contributed by atoms with Crippen molar-refractivity contribution in [1.29, 1.82) is 5.26 Å². The van der Waals surface area contributed by atoms with E-state index >= 15 is 4.79 Å². The van der Waals surface area contributed by atoms with Crippen LogP contribution in [0.3, 0.4) is 0 Å². The molecule has 7 aliphatic heterocycles. The number of furan rings is 1. The Kier molecular flexibility index (Phi) is 9.34. The third-order valence-electron chi connectivity index (χ3n) is 13.5. The molecule has 314 valence electrons. The molecule has 0 aliphatic carbocycles. The van der Waals surface area contributed by atoms with Gasteiger partial charge < -0.3 is 38.5 Å². The van der Waals surface area contributed by atoms with Gasteiger partial charge in [0.15, 0.2) is 28.5 Å². The van der Waals surface area contributed by atoms with Gasteiger partial charge in [-0.05, 0) is 50.9 Å². The Labute approximate surface area is 352 Å². The minimum Gasteiger partial charge on any atom is -0.504 e. The molecule has 4 aromatic rings. The number of hydrogen-bond donors (Lipinski definition) is 3. The summed E-state index contributed by atoms with van der Waals surface area (Å²) >= 11 is 1.52. The van der Waals surface area contributed by atoms with Crippen molar-refractivity contribution in [2.45, 2.75) is 101 Å². The molecule has 3 aromatic carbocycles. The van der Waals surface area contributed by atoms with E-state index in [0.717, 1.165) is 27.6 Å². The number of fused-ring (bicyclic) bond motifs is 11. The van der Waals surface area contributed by atoms with Gasteiger partial charge in [0.2, 0.25) is 6.79 Å². The zero-order chi connectivity index (χ0) is 41.9. The van der Waals surface area contributed by atoms with Crippen LogP contribution in [0, 0.1) is 25.2 Å². The first-order valence-electron chi connectivity index (χ1n) is 20.6.